The summed E-state index contributed by atoms with van der Waals surface area (Å²) < 4.78 is 6.01. The summed E-state index contributed by atoms with van der Waals surface area (Å²) >= 11 is 13.0. The van der Waals surface area contributed by atoms with Gasteiger partial charge in [0.15, 0.2) is 0 Å². The molecule has 23 heavy (non-hydrogen) atoms. The van der Waals surface area contributed by atoms with Gasteiger partial charge in [0.05, 0.1) is 4.92 Å². The Morgan fingerprint density at radius 3 is 2.26 bits per heavy atom. The van der Waals surface area contributed by atoms with Gasteiger partial charge in [-0.15, -0.1) is 0 Å². The smallest absolute Gasteiger partial charge is 0.270 e. The van der Waals surface area contributed by atoms with Gasteiger partial charge in [0, 0.05) is 37.9 Å². The van der Waals surface area contributed by atoms with Crippen LogP contribution in [0.2, 0.25) is 5.02 Å². The lowest BCUT2D eigenvalue weighted by Gasteiger charge is -2.16. The Morgan fingerprint density at radius 2 is 1.70 bits per heavy atom. The molecule has 0 saturated heterocycles. The van der Waals surface area contributed by atoms with Crippen molar-refractivity contribution in [3.63, 3.8) is 0 Å². The van der Waals surface area contributed by atoms with Crippen molar-refractivity contribution in [3.05, 3.63) is 62.7 Å². The Kier molecular flexibility index (Phi) is 6.06. The maximum absolute atomic E-state index is 11.0. The molecule has 0 amide bonds. The maximum atomic E-state index is 11.0. The van der Waals surface area contributed by atoms with Crippen LogP contribution in [0.4, 0.5) is 5.69 Å². The minimum Gasteiger partial charge on any atom is -0.457 e. The summed E-state index contributed by atoms with van der Waals surface area (Å²) in [6.45, 7) is 3.87. The predicted molar refractivity (Wildman–Crippen MR) is 99.3 cm³/mol. The summed E-state index contributed by atoms with van der Waals surface area (Å²) in [5, 5.41) is 11.5. The van der Waals surface area contributed by atoms with Crippen LogP contribution in [0.15, 0.2) is 36.4 Å². The van der Waals surface area contributed by atoms with Crippen LogP contribution in [0.3, 0.4) is 0 Å². The predicted octanol–water partition coefficient (Wildman–Crippen LogP) is 6.95. The third-order valence-electron chi connectivity index (χ3n) is 3.26. The lowest BCUT2D eigenvalue weighted by atomic mass is 10.1. The lowest BCUT2D eigenvalue weighted by Crippen LogP contribution is -1.98. The van der Waals surface area contributed by atoms with E-state index in [4.69, 9.17) is 16.3 Å². The van der Waals surface area contributed by atoms with E-state index in [1.165, 1.54) is 12.1 Å². The van der Waals surface area contributed by atoms with E-state index in [0.717, 1.165) is 5.56 Å². The molecule has 0 aliphatic rings. The molecule has 4 nitrogen and oxygen atoms in total. The molecule has 7 heteroatoms. The molecule has 2 aromatic rings. The topological polar surface area (TPSA) is 52.4 Å². The Hall–Kier alpha value is -1.11. The van der Waals surface area contributed by atoms with Crippen LogP contribution in [-0.4, -0.2) is 4.92 Å². The Bertz CT molecular complexity index is 735. The van der Waals surface area contributed by atoms with Gasteiger partial charge in [-0.05, 0) is 32.0 Å². The second-order valence-corrected chi connectivity index (χ2v) is 8.18. The molecule has 2 unspecified atom stereocenters. The van der Waals surface area contributed by atoms with Crippen molar-refractivity contribution < 1.29 is 9.66 Å². The number of halogens is 3. The lowest BCUT2D eigenvalue weighted by molar-refractivity contribution is -0.384. The fraction of sp³-hybridized carbons (Fsp3) is 0.250. The highest BCUT2D eigenvalue weighted by atomic mass is 79.9. The van der Waals surface area contributed by atoms with Crippen molar-refractivity contribution in [1.29, 1.82) is 0 Å². The van der Waals surface area contributed by atoms with Crippen LogP contribution < -0.4 is 4.74 Å². The van der Waals surface area contributed by atoms with Crippen molar-refractivity contribution in [2.24, 2.45) is 0 Å². The first-order valence-corrected chi connectivity index (χ1v) is 9.04. The van der Waals surface area contributed by atoms with Gasteiger partial charge in [-0.1, -0.05) is 49.5 Å². The molecular weight excluding hydrogens is 449 g/mol. The van der Waals surface area contributed by atoms with E-state index in [2.05, 4.69) is 31.9 Å². The quantitative estimate of drug-likeness (QED) is 0.274. The highest BCUT2D eigenvalue weighted by molar-refractivity contribution is 9.09. The summed E-state index contributed by atoms with van der Waals surface area (Å²) in [6, 6.07) is 9.96. The van der Waals surface area contributed by atoms with E-state index in [1.807, 2.05) is 19.9 Å². The van der Waals surface area contributed by atoms with Crippen molar-refractivity contribution in [2.75, 3.05) is 0 Å². The van der Waals surface area contributed by atoms with E-state index < -0.39 is 4.92 Å². The monoisotopic (exact) mass is 461 g/mol. The van der Waals surface area contributed by atoms with Crippen molar-refractivity contribution >= 4 is 49.1 Å². The molecule has 0 heterocycles. The standard InChI is InChI=1S/C16H14Br2ClNO3/c1-9(17)13-5-3-11(19)7-16(13)23-15-6-4-12(20(21)22)8-14(15)10(2)18/h3-10H,1-2H3. The number of benzene rings is 2. The number of nitrogens with zero attached hydrogens (tertiary/aromatic N) is 1. The molecule has 2 atom stereocenters. The highest BCUT2D eigenvalue weighted by Crippen LogP contribution is 2.40. The van der Waals surface area contributed by atoms with Crippen LogP contribution in [0.25, 0.3) is 0 Å². The van der Waals surface area contributed by atoms with E-state index in [-0.39, 0.29) is 15.3 Å². The summed E-state index contributed by atoms with van der Waals surface area (Å²) in [7, 11) is 0. The SMILES string of the molecule is CC(Br)c1ccc(Cl)cc1Oc1ccc([N+](=O)[O-])cc1C(C)Br. The average molecular weight is 464 g/mol. The van der Waals surface area contributed by atoms with E-state index in [9.17, 15) is 10.1 Å². The zero-order valence-corrected chi connectivity index (χ0v) is 16.4. The first kappa shape index (κ1) is 18.2. The number of hydrogen-bond donors (Lipinski definition) is 0. The third-order valence-corrected chi connectivity index (χ3v) is 4.48. The van der Waals surface area contributed by atoms with E-state index in [1.54, 1.807) is 18.2 Å². The first-order valence-electron chi connectivity index (χ1n) is 6.83. The number of rotatable bonds is 5. The fourth-order valence-electron chi connectivity index (χ4n) is 2.10. The number of nitro groups is 1. The highest BCUT2D eigenvalue weighted by Gasteiger charge is 2.18. The zero-order chi connectivity index (χ0) is 17.1. The molecule has 0 bridgehead atoms. The molecule has 0 aliphatic carbocycles. The molecule has 0 aromatic heterocycles. The molecule has 0 aliphatic heterocycles. The van der Waals surface area contributed by atoms with Crippen molar-refractivity contribution in [3.8, 4) is 11.5 Å². The molecule has 2 aromatic carbocycles. The molecule has 122 valence electrons. The molecule has 0 N–H and O–H groups in total. The van der Waals surface area contributed by atoms with Gasteiger partial charge in [0.2, 0.25) is 0 Å². The summed E-state index contributed by atoms with van der Waals surface area (Å²) in [5.41, 5.74) is 1.67. The van der Waals surface area contributed by atoms with Gasteiger partial charge in [-0.2, -0.15) is 0 Å². The largest absolute Gasteiger partial charge is 0.457 e. The van der Waals surface area contributed by atoms with Gasteiger partial charge in [0.1, 0.15) is 11.5 Å². The van der Waals surface area contributed by atoms with Crippen molar-refractivity contribution in [1.82, 2.24) is 0 Å². The second kappa shape index (κ2) is 7.64. The van der Waals surface area contributed by atoms with Gasteiger partial charge in [0.25, 0.3) is 5.69 Å². The first-order chi connectivity index (χ1) is 10.8. The summed E-state index contributed by atoms with van der Waals surface area (Å²) in [4.78, 5) is 10.5. The zero-order valence-electron chi connectivity index (χ0n) is 12.4. The normalized spacial score (nSPS) is 13.4. The molecular formula is C16H14Br2ClNO3. The van der Waals surface area contributed by atoms with Gasteiger partial charge < -0.3 is 4.74 Å². The number of ether oxygens (including phenoxy) is 1. The van der Waals surface area contributed by atoms with Crippen molar-refractivity contribution in [2.45, 2.75) is 23.5 Å². The number of alkyl halides is 2. The molecule has 0 spiro atoms. The Labute approximate surface area is 156 Å². The Balaban J connectivity index is 2.48. The molecule has 2 rings (SSSR count). The number of hydrogen-bond acceptors (Lipinski definition) is 3. The fourth-order valence-corrected chi connectivity index (χ4v) is 3.00. The Morgan fingerprint density at radius 1 is 1.04 bits per heavy atom. The van der Waals surface area contributed by atoms with Gasteiger partial charge in [-0.25, -0.2) is 0 Å². The molecule has 0 radical (unpaired) electrons. The molecule has 0 fully saturated rings. The minimum absolute atomic E-state index is 0.0267. The summed E-state index contributed by atoms with van der Waals surface area (Å²) in [5.74, 6) is 1.17. The van der Waals surface area contributed by atoms with Crippen LogP contribution in [0.5, 0.6) is 11.5 Å². The number of non-ortho nitro benzene ring substituents is 1. The van der Waals surface area contributed by atoms with Crippen LogP contribution >= 0.6 is 43.5 Å². The van der Waals surface area contributed by atoms with E-state index >= 15 is 0 Å². The van der Waals surface area contributed by atoms with Gasteiger partial charge in [-0.3, -0.25) is 10.1 Å². The second-order valence-electron chi connectivity index (χ2n) is 5.00. The van der Waals surface area contributed by atoms with Crippen LogP contribution in [-0.2, 0) is 0 Å². The molecule has 0 saturated carbocycles. The van der Waals surface area contributed by atoms with E-state index in [0.29, 0.717) is 22.1 Å². The number of nitro benzene ring substituents is 1. The maximum Gasteiger partial charge on any atom is 0.270 e. The van der Waals surface area contributed by atoms with Crippen LogP contribution in [0, 0.1) is 10.1 Å². The van der Waals surface area contributed by atoms with Gasteiger partial charge >= 0.3 is 0 Å². The van der Waals surface area contributed by atoms with Crippen LogP contribution in [0.1, 0.15) is 34.6 Å². The minimum atomic E-state index is -0.423. The summed E-state index contributed by atoms with van der Waals surface area (Å²) in [6.07, 6.45) is 0. The third kappa shape index (κ3) is 4.46. The average Bonchev–Trinajstić information content (AvgIpc) is 2.46.